The number of amides is 1. The van der Waals surface area contributed by atoms with Crippen molar-refractivity contribution in [3.05, 3.63) is 71.0 Å². The molecule has 0 atom stereocenters. The van der Waals surface area contributed by atoms with E-state index in [1.165, 1.54) is 42.7 Å². The number of halogens is 1. The molecular formula is C21H25FN2O. The molecule has 0 saturated carbocycles. The third-order valence-electron chi connectivity index (χ3n) is 4.93. The molecule has 1 heterocycles. The smallest absolute Gasteiger partial charge is 0.251 e. The highest BCUT2D eigenvalue weighted by Crippen LogP contribution is 2.19. The van der Waals surface area contributed by atoms with Crippen molar-refractivity contribution >= 4 is 5.91 Å². The lowest BCUT2D eigenvalue weighted by atomic mass is 9.98. The van der Waals surface area contributed by atoms with E-state index in [4.69, 9.17) is 0 Å². The van der Waals surface area contributed by atoms with E-state index in [0.717, 1.165) is 31.1 Å². The van der Waals surface area contributed by atoms with Crippen LogP contribution in [0.2, 0.25) is 0 Å². The van der Waals surface area contributed by atoms with Gasteiger partial charge in [-0.1, -0.05) is 31.2 Å². The molecule has 1 amide bonds. The summed E-state index contributed by atoms with van der Waals surface area (Å²) < 4.78 is 13.0. The highest BCUT2D eigenvalue weighted by molar-refractivity contribution is 5.94. The summed E-state index contributed by atoms with van der Waals surface area (Å²) in [4.78, 5) is 14.7. The van der Waals surface area contributed by atoms with Gasteiger partial charge in [-0.25, -0.2) is 4.39 Å². The minimum absolute atomic E-state index is 0.179. The molecule has 1 N–H and O–H groups in total. The van der Waals surface area contributed by atoms with E-state index >= 15 is 0 Å². The molecule has 1 aliphatic rings. The van der Waals surface area contributed by atoms with E-state index in [-0.39, 0.29) is 11.7 Å². The largest absolute Gasteiger partial charge is 0.348 e. The molecule has 2 aromatic carbocycles. The molecule has 0 spiro atoms. The van der Waals surface area contributed by atoms with Gasteiger partial charge in [-0.3, -0.25) is 9.69 Å². The Morgan fingerprint density at radius 2 is 1.72 bits per heavy atom. The monoisotopic (exact) mass is 340 g/mol. The zero-order valence-corrected chi connectivity index (χ0v) is 14.7. The second-order valence-electron chi connectivity index (χ2n) is 6.92. The van der Waals surface area contributed by atoms with Crippen LogP contribution in [0.3, 0.4) is 0 Å². The number of hydrogen-bond acceptors (Lipinski definition) is 2. The van der Waals surface area contributed by atoms with Crippen LogP contribution in [0.5, 0.6) is 0 Å². The van der Waals surface area contributed by atoms with Crippen LogP contribution in [0.4, 0.5) is 4.39 Å². The van der Waals surface area contributed by atoms with Crippen LogP contribution in [-0.4, -0.2) is 23.9 Å². The van der Waals surface area contributed by atoms with E-state index in [1.54, 1.807) is 0 Å². The molecule has 1 fully saturated rings. The maximum Gasteiger partial charge on any atom is 0.251 e. The third-order valence-corrected chi connectivity index (χ3v) is 4.93. The van der Waals surface area contributed by atoms with Gasteiger partial charge in [-0.15, -0.1) is 0 Å². The molecule has 0 aromatic heterocycles. The van der Waals surface area contributed by atoms with E-state index in [1.807, 2.05) is 12.1 Å². The van der Waals surface area contributed by atoms with Gasteiger partial charge in [0, 0.05) is 18.7 Å². The number of piperidine rings is 1. The molecule has 3 rings (SSSR count). The first-order valence-electron chi connectivity index (χ1n) is 8.95. The van der Waals surface area contributed by atoms with Crippen LogP contribution in [0.1, 0.15) is 41.3 Å². The van der Waals surface area contributed by atoms with Crippen molar-refractivity contribution in [2.45, 2.75) is 32.9 Å². The van der Waals surface area contributed by atoms with Crippen molar-refractivity contribution in [3.8, 4) is 0 Å². The number of likely N-dealkylation sites (tertiary alicyclic amines) is 1. The summed E-state index contributed by atoms with van der Waals surface area (Å²) in [6.07, 6.45) is 2.51. The Balaban J connectivity index is 1.60. The average Bonchev–Trinajstić information content (AvgIpc) is 2.63. The zero-order valence-electron chi connectivity index (χ0n) is 14.7. The number of carbonyl (C=O) groups excluding carboxylic acids is 1. The predicted octanol–water partition coefficient (Wildman–Crippen LogP) is 3.99. The van der Waals surface area contributed by atoms with Crippen LogP contribution in [0, 0.1) is 11.7 Å². The van der Waals surface area contributed by atoms with E-state index in [0.29, 0.717) is 12.1 Å². The first-order chi connectivity index (χ1) is 12.1. The lowest BCUT2D eigenvalue weighted by Gasteiger charge is -2.30. The van der Waals surface area contributed by atoms with Crippen LogP contribution in [-0.2, 0) is 13.1 Å². The van der Waals surface area contributed by atoms with Crippen molar-refractivity contribution in [2.24, 2.45) is 5.92 Å². The molecule has 132 valence electrons. The molecule has 4 heteroatoms. The van der Waals surface area contributed by atoms with Crippen molar-refractivity contribution in [2.75, 3.05) is 13.1 Å². The fourth-order valence-corrected chi connectivity index (χ4v) is 3.22. The quantitative estimate of drug-likeness (QED) is 0.893. The molecule has 25 heavy (non-hydrogen) atoms. The Hall–Kier alpha value is -2.20. The maximum atomic E-state index is 13.0. The van der Waals surface area contributed by atoms with E-state index in [9.17, 15) is 9.18 Å². The number of carbonyl (C=O) groups is 1. The van der Waals surface area contributed by atoms with Gasteiger partial charge in [0.1, 0.15) is 5.82 Å². The number of hydrogen-bond donors (Lipinski definition) is 1. The van der Waals surface area contributed by atoms with E-state index < -0.39 is 0 Å². The fourth-order valence-electron chi connectivity index (χ4n) is 3.22. The number of nitrogens with zero attached hydrogens (tertiary/aromatic N) is 1. The van der Waals surface area contributed by atoms with Gasteiger partial charge in [0.15, 0.2) is 0 Å². The van der Waals surface area contributed by atoms with Crippen molar-refractivity contribution < 1.29 is 9.18 Å². The summed E-state index contributed by atoms with van der Waals surface area (Å²) in [5.41, 5.74) is 2.87. The molecule has 3 nitrogen and oxygen atoms in total. The Labute approximate surface area is 148 Å². The van der Waals surface area contributed by atoms with Gasteiger partial charge >= 0.3 is 0 Å². The van der Waals surface area contributed by atoms with Gasteiger partial charge < -0.3 is 5.32 Å². The summed E-state index contributed by atoms with van der Waals surface area (Å²) in [6.45, 7) is 6.00. The zero-order chi connectivity index (χ0) is 17.6. The lowest BCUT2D eigenvalue weighted by molar-refractivity contribution is 0.0950. The summed E-state index contributed by atoms with van der Waals surface area (Å²) >= 11 is 0. The van der Waals surface area contributed by atoms with Crippen LogP contribution >= 0.6 is 0 Å². The lowest BCUT2D eigenvalue weighted by Crippen LogP contribution is -2.33. The minimum Gasteiger partial charge on any atom is -0.348 e. The SMILES string of the molecule is CC1CCN(Cc2ccccc2CNC(=O)c2ccc(F)cc2)CC1. The van der Waals surface area contributed by atoms with Gasteiger partial charge in [-0.05, 0) is 67.2 Å². The highest BCUT2D eigenvalue weighted by atomic mass is 19.1. The molecule has 0 radical (unpaired) electrons. The summed E-state index contributed by atoms with van der Waals surface area (Å²) in [7, 11) is 0. The Kier molecular flexibility index (Phi) is 5.82. The van der Waals surface area contributed by atoms with E-state index in [2.05, 4.69) is 29.3 Å². The van der Waals surface area contributed by atoms with Crippen molar-refractivity contribution in [1.29, 1.82) is 0 Å². The summed E-state index contributed by atoms with van der Waals surface area (Å²) in [6, 6.07) is 13.9. The molecule has 1 saturated heterocycles. The number of benzene rings is 2. The fraction of sp³-hybridized carbons (Fsp3) is 0.381. The van der Waals surface area contributed by atoms with Crippen LogP contribution in [0.25, 0.3) is 0 Å². The number of rotatable bonds is 5. The maximum absolute atomic E-state index is 13.0. The Bertz CT molecular complexity index is 706. The summed E-state index contributed by atoms with van der Waals surface area (Å²) in [5, 5.41) is 2.94. The molecule has 0 aliphatic carbocycles. The number of nitrogens with one attached hydrogen (secondary N) is 1. The minimum atomic E-state index is -0.335. The van der Waals surface area contributed by atoms with Gasteiger partial charge in [-0.2, -0.15) is 0 Å². The van der Waals surface area contributed by atoms with Crippen molar-refractivity contribution in [1.82, 2.24) is 10.2 Å². The first-order valence-corrected chi connectivity index (χ1v) is 8.95. The Morgan fingerprint density at radius 3 is 2.40 bits per heavy atom. The summed E-state index contributed by atoms with van der Waals surface area (Å²) in [5.74, 6) is 0.306. The van der Waals surface area contributed by atoms with Gasteiger partial charge in [0.2, 0.25) is 0 Å². The standard InChI is InChI=1S/C21H25FN2O/c1-16-10-12-24(13-11-16)15-19-5-3-2-4-18(19)14-23-21(25)17-6-8-20(22)9-7-17/h2-9,16H,10-15H2,1H3,(H,23,25). The molecule has 0 unspecified atom stereocenters. The topological polar surface area (TPSA) is 32.3 Å². The second kappa shape index (κ2) is 8.26. The first kappa shape index (κ1) is 17.6. The molecular weight excluding hydrogens is 315 g/mol. The van der Waals surface area contributed by atoms with Crippen LogP contribution in [0.15, 0.2) is 48.5 Å². The van der Waals surface area contributed by atoms with Crippen LogP contribution < -0.4 is 5.32 Å². The van der Waals surface area contributed by atoms with Gasteiger partial charge in [0.25, 0.3) is 5.91 Å². The second-order valence-corrected chi connectivity index (χ2v) is 6.92. The van der Waals surface area contributed by atoms with Crippen molar-refractivity contribution in [3.63, 3.8) is 0 Å². The molecule has 2 aromatic rings. The molecule has 0 bridgehead atoms. The predicted molar refractivity (Wildman–Crippen MR) is 97.7 cm³/mol. The Morgan fingerprint density at radius 1 is 1.08 bits per heavy atom. The third kappa shape index (κ3) is 4.89. The highest BCUT2D eigenvalue weighted by Gasteiger charge is 2.17. The molecule has 1 aliphatic heterocycles. The normalized spacial score (nSPS) is 15.9. The average molecular weight is 340 g/mol. The van der Waals surface area contributed by atoms with Gasteiger partial charge in [0.05, 0.1) is 0 Å².